The number of thioether (sulfide) groups is 2. The van der Waals surface area contributed by atoms with Crippen LogP contribution in [0, 0.1) is 21.3 Å². The summed E-state index contributed by atoms with van der Waals surface area (Å²) in [5.74, 6) is 0. The van der Waals surface area contributed by atoms with E-state index < -0.39 is 0 Å². The molecule has 1 rings (SSSR count). The van der Waals surface area contributed by atoms with E-state index in [4.69, 9.17) is 10.5 Å². The van der Waals surface area contributed by atoms with Gasteiger partial charge in [0.05, 0.1) is 0 Å². The Bertz CT molecular complexity index is 192. The van der Waals surface area contributed by atoms with Gasteiger partial charge >= 0.3 is 0 Å². The van der Waals surface area contributed by atoms with E-state index in [9.17, 15) is 0 Å². The molecule has 0 aromatic rings. The quantitative estimate of drug-likeness (QED) is 0.640. The van der Waals surface area contributed by atoms with Gasteiger partial charge in [-0.3, -0.25) is 0 Å². The van der Waals surface area contributed by atoms with Gasteiger partial charge in [-0.25, -0.2) is 0 Å². The fourth-order valence-corrected chi connectivity index (χ4v) is 3.22. The zero-order valence-electron chi connectivity index (χ0n) is 6.69. The second-order valence-electron chi connectivity index (χ2n) is 2.78. The molecule has 1 aliphatic carbocycles. The average molecular weight is 198 g/mol. The van der Waals surface area contributed by atoms with E-state index in [0.29, 0.717) is 10.5 Å². The molecule has 1 aliphatic rings. The lowest BCUT2D eigenvalue weighted by molar-refractivity contribution is 0.529. The van der Waals surface area contributed by atoms with Gasteiger partial charge in [-0.15, -0.1) is 0 Å². The maximum atomic E-state index is 8.53. The highest BCUT2D eigenvalue weighted by atomic mass is 32.2. The van der Waals surface area contributed by atoms with Crippen LogP contribution in [0.15, 0.2) is 0 Å². The summed E-state index contributed by atoms with van der Waals surface area (Å²) in [5.41, 5.74) is 0. The van der Waals surface area contributed by atoms with Crippen molar-refractivity contribution in [2.75, 3.05) is 0 Å². The molecule has 2 nitrogen and oxygen atoms in total. The van der Waals surface area contributed by atoms with Gasteiger partial charge in [-0.2, -0.15) is 10.5 Å². The van der Waals surface area contributed by atoms with Crippen molar-refractivity contribution in [1.29, 1.82) is 10.5 Å². The lowest BCUT2D eigenvalue weighted by Gasteiger charge is -2.25. The zero-order chi connectivity index (χ0) is 8.81. The fraction of sp³-hybridized carbons (Fsp3) is 0.750. The van der Waals surface area contributed by atoms with Gasteiger partial charge in [-0.1, -0.05) is 12.8 Å². The minimum absolute atomic E-state index is 0.383. The Balaban J connectivity index is 2.44. The van der Waals surface area contributed by atoms with E-state index in [1.165, 1.54) is 36.4 Å². The van der Waals surface area contributed by atoms with Crippen LogP contribution in [-0.4, -0.2) is 10.5 Å². The first kappa shape index (κ1) is 9.77. The second kappa shape index (κ2) is 5.35. The Morgan fingerprint density at radius 3 is 1.67 bits per heavy atom. The van der Waals surface area contributed by atoms with Gasteiger partial charge in [0.15, 0.2) is 0 Å². The third-order valence-corrected chi connectivity index (χ3v) is 4.17. The number of thiocyanates is 2. The Labute approximate surface area is 81.3 Å². The zero-order valence-corrected chi connectivity index (χ0v) is 8.33. The van der Waals surface area contributed by atoms with E-state index in [1.54, 1.807) is 0 Å². The van der Waals surface area contributed by atoms with Crippen molar-refractivity contribution in [2.24, 2.45) is 0 Å². The number of hydrogen-bond donors (Lipinski definition) is 0. The molecule has 0 heterocycles. The molecule has 12 heavy (non-hydrogen) atoms. The van der Waals surface area contributed by atoms with Crippen LogP contribution in [0.1, 0.15) is 25.7 Å². The summed E-state index contributed by atoms with van der Waals surface area (Å²) in [5, 5.41) is 22.1. The average Bonchev–Trinajstić information content (AvgIpc) is 2.09. The number of nitriles is 2. The minimum Gasteiger partial charge on any atom is -0.185 e. The molecule has 0 amide bonds. The Hall–Kier alpha value is -0.320. The van der Waals surface area contributed by atoms with E-state index in [0.717, 1.165) is 12.8 Å². The molecule has 1 fully saturated rings. The van der Waals surface area contributed by atoms with Crippen molar-refractivity contribution < 1.29 is 0 Å². The molecule has 4 heteroatoms. The smallest absolute Gasteiger partial charge is 0.133 e. The van der Waals surface area contributed by atoms with Crippen LogP contribution >= 0.6 is 23.5 Å². The normalized spacial score (nSPS) is 28.8. The van der Waals surface area contributed by atoms with Crippen LogP contribution in [0.2, 0.25) is 0 Å². The molecule has 0 radical (unpaired) electrons. The largest absolute Gasteiger partial charge is 0.185 e. The number of nitrogens with zero attached hydrogens (tertiary/aromatic N) is 2. The fourth-order valence-electron chi connectivity index (χ4n) is 1.47. The van der Waals surface area contributed by atoms with E-state index in [2.05, 4.69) is 10.8 Å². The Morgan fingerprint density at radius 1 is 0.917 bits per heavy atom. The molecular weight excluding hydrogens is 188 g/mol. The van der Waals surface area contributed by atoms with Crippen LogP contribution in [0.25, 0.3) is 0 Å². The standard InChI is InChI=1S/C8H10N2S2/c9-5-11-7-3-1-2-4-8(7)12-6-10/h7-8H,1-4H2. The molecule has 0 aromatic carbocycles. The SMILES string of the molecule is N#CSC1CCCCC1SC#N. The van der Waals surface area contributed by atoms with Crippen LogP contribution < -0.4 is 0 Å². The van der Waals surface area contributed by atoms with Gasteiger partial charge in [-0.05, 0) is 36.4 Å². The van der Waals surface area contributed by atoms with Crippen molar-refractivity contribution >= 4 is 23.5 Å². The third-order valence-electron chi connectivity index (χ3n) is 2.05. The van der Waals surface area contributed by atoms with Gasteiger partial charge in [0, 0.05) is 10.5 Å². The lowest BCUT2D eigenvalue weighted by atomic mass is 10.00. The van der Waals surface area contributed by atoms with Crippen LogP contribution in [0.3, 0.4) is 0 Å². The lowest BCUT2D eigenvalue weighted by Crippen LogP contribution is -2.23. The van der Waals surface area contributed by atoms with Gasteiger partial charge < -0.3 is 0 Å². The molecule has 64 valence electrons. The van der Waals surface area contributed by atoms with Crippen molar-refractivity contribution in [3.63, 3.8) is 0 Å². The third kappa shape index (κ3) is 2.62. The summed E-state index contributed by atoms with van der Waals surface area (Å²) in [4.78, 5) is 0. The van der Waals surface area contributed by atoms with Crippen LogP contribution in [-0.2, 0) is 0 Å². The van der Waals surface area contributed by atoms with Crippen molar-refractivity contribution in [3.05, 3.63) is 0 Å². The van der Waals surface area contributed by atoms with E-state index in [-0.39, 0.29) is 0 Å². The Morgan fingerprint density at radius 2 is 1.33 bits per heavy atom. The summed E-state index contributed by atoms with van der Waals surface area (Å²) in [7, 11) is 0. The maximum absolute atomic E-state index is 8.53. The van der Waals surface area contributed by atoms with Crippen LogP contribution in [0.5, 0.6) is 0 Å². The van der Waals surface area contributed by atoms with E-state index in [1.807, 2.05) is 0 Å². The molecule has 2 atom stereocenters. The topological polar surface area (TPSA) is 47.6 Å². The molecule has 0 aliphatic heterocycles. The highest BCUT2D eigenvalue weighted by Crippen LogP contribution is 2.35. The van der Waals surface area contributed by atoms with E-state index >= 15 is 0 Å². The van der Waals surface area contributed by atoms with Crippen molar-refractivity contribution in [3.8, 4) is 10.8 Å². The summed E-state index contributed by atoms with van der Waals surface area (Å²) in [6.45, 7) is 0. The maximum Gasteiger partial charge on any atom is 0.133 e. The van der Waals surface area contributed by atoms with Gasteiger partial charge in [0.1, 0.15) is 10.8 Å². The predicted octanol–water partition coefficient (Wildman–Crippen LogP) is 2.73. The molecule has 2 unspecified atom stereocenters. The monoisotopic (exact) mass is 198 g/mol. The summed E-state index contributed by atoms with van der Waals surface area (Å²) >= 11 is 2.67. The first-order valence-electron chi connectivity index (χ1n) is 3.98. The van der Waals surface area contributed by atoms with Gasteiger partial charge in [0.2, 0.25) is 0 Å². The molecule has 0 N–H and O–H groups in total. The van der Waals surface area contributed by atoms with Crippen molar-refractivity contribution in [1.82, 2.24) is 0 Å². The summed E-state index contributed by atoms with van der Waals surface area (Å²) in [6.07, 6.45) is 4.61. The Kier molecular flexibility index (Phi) is 4.35. The molecule has 0 aromatic heterocycles. The highest BCUT2D eigenvalue weighted by molar-refractivity contribution is 8.08. The summed E-state index contributed by atoms with van der Waals surface area (Å²) < 4.78 is 0. The van der Waals surface area contributed by atoms with Gasteiger partial charge in [0.25, 0.3) is 0 Å². The molecular formula is C8H10N2S2. The first-order valence-corrected chi connectivity index (χ1v) is 5.74. The molecule has 0 saturated heterocycles. The first-order chi connectivity index (χ1) is 5.88. The minimum atomic E-state index is 0.383. The second-order valence-corrected chi connectivity index (χ2v) is 4.83. The molecule has 1 saturated carbocycles. The number of hydrogen-bond acceptors (Lipinski definition) is 4. The highest BCUT2D eigenvalue weighted by Gasteiger charge is 2.26. The molecule has 0 bridgehead atoms. The molecule has 0 spiro atoms. The predicted molar refractivity (Wildman–Crippen MR) is 52.5 cm³/mol. The number of rotatable bonds is 2. The van der Waals surface area contributed by atoms with Crippen LogP contribution in [0.4, 0.5) is 0 Å². The van der Waals surface area contributed by atoms with Crippen molar-refractivity contribution in [2.45, 2.75) is 36.2 Å². The summed E-state index contributed by atoms with van der Waals surface area (Å²) in [6, 6.07) is 0.